The molecular formula is C14H25NO3. The van der Waals surface area contributed by atoms with Crippen molar-refractivity contribution < 1.29 is 14.7 Å². The van der Waals surface area contributed by atoms with E-state index < -0.39 is 5.41 Å². The highest BCUT2D eigenvalue weighted by molar-refractivity contribution is 6.05. The van der Waals surface area contributed by atoms with E-state index in [0.29, 0.717) is 32.2 Å². The molecule has 2 amide bonds. The molecule has 0 aromatic carbocycles. The van der Waals surface area contributed by atoms with Crippen LogP contribution in [0.15, 0.2) is 0 Å². The second-order valence-electron chi connectivity index (χ2n) is 6.09. The van der Waals surface area contributed by atoms with Gasteiger partial charge in [0.15, 0.2) is 0 Å². The largest absolute Gasteiger partial charge is 0.396 e. The minimum Gasteiger partial charge on any atom is -0.396 e. The topological polar surface area (TPSA) is 57.6 Å². The molecule has 0 saturated carbocycles. The number of rotatable bonds is 6. The van der Waals surface area contributed by atoms with Gasteiger partial charge in [0.1, 0.15) is 0 Å². The second-order valence-corrected chi connectivity index (χ2v) is 6.09. The molecule has 0 atom stereocenters. The van der Waals surface area contributed by atoms with Crippen LogP contribution in [0.3, 0.4) is 0 Å². The first kappa shape index (κ1) is 15.2. The van der Waals surface area contributed by atoms with Crippen LogP contribution in [0.5, 0.6) is 0 Å². The summed E-state index contributed by atoms with van der Waals surface area (Å²) in [5.41, 5.74) is -0.704. The first-order valence-electron chi connectivity index (χ1n) is 6.77. The van der Waals surface area contributed by atoms with Gasteiger partial charge in [0, 0.05) is 19.6 Å². The van der Waals surface area contributed by atoms with E-state index in [1.807, 2.05) is 27.7 Å². The summed E-state index contributed by atoms with van der Waals surface area (Å²) in [4.78, 5) is 25.9. The summed E-state index contributed by atoms with van der Waals surface area (Å²) < 4.78 is 0. The van der Waals surface area contributed by atoms with Crippen molar-refractivity contribution in [2.24, 2.45) is 10.8 Å². The third-order valence-corrected chi connectivity index (χ3v) is 4.22. The molecular weight excluding hydrogens is 230 g/mol. The van der Waals surface area contributed by atoms with E-state index in [1.165, 1.54) is 4.90 Å². The second kappa shape index (κ2) is 5.39. The summed E-state index contributed by atoms with van der Waals surface area (Å²) in [6.07, 6.45) is 2.36. The van der Waals surface area contributed by atoms with E-state index in [1.54, 1.807) is 0 Å². The molecule has 1 aliphatic heterocycles. The van der Waals surface area contributed by atoms with Gasteiger partial charge in [-0.2, -0.15) is 0 Å². The molecule has 0 aliphatic carbocycles. The highest BCUT2D eigenvalue weighted by Crippen LogP contribution is 2.40. The Morgan fingerprint density at radius 3 is 2.22 bits per heavy atom. The minimum absolute atomic E-state index is 0.0245. The Labute approximate surface area is 109 Å². The van der Waals surface area contributed by atoms with Crippen LogP contribution in [0.4, 0.5) is 0 Å². The number of amides is 2. The summed E-state index contributed by atoms with van der Waals surface area (Å²) in [5, 5.41) is 9.01. The van der Waals surface area contributed by atoms with Gasteiger partial charge in [-0.3, -0.25) is 14.5 Å². The molecule has 0 radical (unpaired) electrons. The Kier molecular flexibility index (Phi) is 4.54. The molecule has 1 fully saturated rings. The molecule has 0 bridgehead atoms. The number of imide groups is 1. The number of carbonyl (C=O) groups is 2. The molecule has 0 aromatic heterocycles. The van der Waals surface area contributed by atoms with Crippen LogP contribution in [0, 0.1) is 10.8 Å². The van der Waals surface area contributed by atoms with Crippen LogP contribution in [0.2, 0.25) is 0 Å². The molecule has 0 spiro atoms. The van der Waals surface area contributed by atoms with Crippen molar-refractivity contribution in [3.63, 3.8) is 0 Å². The third kappa shape index (κ3) is 2.74. The van der Waals surface area contributed by atoms with Crippen molar-refractivity contribution in [1.29, 1.82) is 0 Å². The zero-order valence-electron chi connectivity index (χ0n) is 12.0. The average Bonchev–Trinajstić information content (AvgIpc) is 2.53. The van der Waals surface area contributed by atoms with Crippen LogP contribution in [0.25, 0.3) is 0 Å². The number of hydrogen-bond acceptors (Lipinski definition) is 3. The molecule has 0 aromatic rings. The lowest BCUT2D eigenvalue weighted by atomic mass is 9.81. The predicted molar refractivity (Wildman–Crippen MR) is 69.8 cm³/mol. The number of aliphatic hydroxyl groups is 1. The van der Waals surface area contributed by atoms with Gasteiger partial charge in [0.25, 0.3) is 0 Å². The molecule has 104 valence electrons. The molecule has 1 saturated heterocycles. The highest BCUT2D eigenvalue weighted by atomic mass is 16.3. The Morgan fingerprint density at radius 2 is 1.83 bits per heavy atom. The van der Waals surface area contributed by atoms with Crippen molar-refractivity contribution in [3.8, 4) is 0 Å². The van der Waals surface area contributed by atoms with E-state index in [4.69, 9.17) is 5.11 Å². The molecule has 1 N–H and O–H groups in total. The van der Waals surface area contributed by atoms with Crippen molar-refractivity contribution in [2.75, 3.05) is 13.2 Å². The van der Waals surface area contributed by atoms with Crippen LogP contribution in [0.1, 0.15) is 53.4 Å². The van der Waals surface area contributed by atoms with Crippen LogP contribution < -0.4 is 0 Å². The molecule has 0 unspecified atom stereocenters. The van der Waals surface area contributed by atoms with E-state index in [9.17, 15) is 9.59 Å². The molecule has 18 heavy (non-hydrogen) atoms. The monoisotopic (exact) mass is 255 g/mol. The Balaban J connectivity index is 2.86. The fourth-order valence-electron chi connectivity index (χ4n) is 2.63. The maximum Gasteiger partial charge on any atom is 0.235 e. The van der Waals surface area contributed by atoms with E-state index >= 15 is 0 Å². The lowest BCUT2D eigenvalue weighted by Gasteiger charge is -2.30. The van der Waals surface area contributed by atoms with Gasteiger partial charge in [0.2, 0.25) is 11.8 Å². The smallest absolute Gasteiger partial charge is 0.235 e. The van der Waals surface area contributed by atoms with Crippen molar-refractivity contribution in [3.05, 3.63) is 0 Å². The van der Waals surface area contributed by atoms with Crippen molar-refractivity contribution in [2.45, 2.75) is 53.4 Å². The van der Waals surface area contributed by atoms with Gasteiger partial charge in [-0.1, -0.05) is 27.7 Å². The van der Waals surface area contributed by atoms with Gasteiger partial charge in [-0.25, -0.2) is 0 Å². The van der Waals surface area contributed by atoms with Crippen LogP contribution >= 0.6 is 0 Å². The van der Waals surface area contributed by atoms with Gasteiger partial charge in [0.05, 0.1) is 5.41 Å². The number of aliphatic hydroxyl groups excluding tert-OH is 1. The standard InChI is InChI=1S/C14H25NO3/c1-5-14(6-2)9-11(17)15(12(14)18)10-13(3,4)7-8-16/h16H,5-10H2,1-4H3. The lowest BCUT2D eigenvalue weighted by molar-refractivity contribution is -0.143. The number of hydrogen-bond donors (Lipinski definition) is 1. The molecule has 4 nitrogen and oxygen atoms in total. The zero-order chi connectivity index (χ0) is 14.0. The molecule has 1 rings (SSSR count). The van der Waals surface area contributed by atoms with Crippen LogP contribution in [-0.4, -0.2) is 35.0 Å². The van der Waals surface area contributed by atoms with Crippen molar-refractivity contribution >= 4 is 11.8 Å². The van der Waals surface area contributed by atoms with E-state index in [-0.39, 0.29) is 23.8 Å². The Morgan fingerprint density at radius 1 is 1.28 bits per heavy atom. The van der Waals surface area contributed by atoms with Crippen molar-refractivity contribution in [1.82, 2.24) is 4.90 Å². The third-order valence-electron chi connectivity index (χ3n) is 4.22. The van der Waals surface area contributed by atoms with Gasteiger partial charge < -0.3 is 5.11 Å². The number of nitrogens with zero attached hydrogens (tertiary/aromatic N) is 1. The summed E-state index contributed by atoms with van der Waals surface area (Å²) in [6, 6.07) is 0. The summed E-state index contributed by atoms with van der Waals surface area (Å²) in [5.74, 6) is -0.0850. The van der Waals surface area contributed by atoms with Crippen LogP contribution in [-0.2, 0) is 9.59 Å². The first-order chi connectivity index (χ1) is 8.32. The lowest BCUT2D eigenvalue weighted by Crippen LogP contribution is -2.41. The minimum atomic E-state index is -0.480. The normalized spacial score (nSPS) is 19.7. The molecule has 4 heteroatoms. The van der Waals surface area contributed by atoms with E-state index in [0.717, 1.165) is 0 Å². The zero-order valence-corrected chi connectivity index (χ0v) is 12.0. The fraction of sp³-hybridized carbons (Fsp3) is 0.857. The Hall–Kier alpha value is -0.900. The SMILES string of the molecule is CCC1(CC)CC(=O)N(CC(C)(C)CCO)C1=O. The molecule has 1 aliphatic rings. The predicted octanol–water partition coefficient (Wildman–Crippen LogP) is 1.96. The molecule has 1 heterocycles. The van der Waals surface area contributed by atoms with Gasteiger partial charge in [-0.15, -0.1) is 0 Å². The summed E-state index contributed by atoms with van der Waals surface area (Å²) >= 11 is 0. The fourth-order valence-corrected chi connectivity index (χ4v) is 2.63. The highest BCUT2D eigenvalue weighted by Gasteiger charge is 2.49. The maximum atomic E-state index is 12.4. The summed E-state index contributed by atoms with van der Waals surface area (Å²) in [6.45, 7) is 8.38. The van der Waals surface area contributed by atoms with Gasteiger partial charge in [-0.05, 0) is 24.7 Å². The number of likely N-dealkylation sites (tertiary alicyclic amines) is 1. The Bertz CT molecular complexity index is 332. The average molecular weight is 255 g/mol. The maximum absolute atomic E-state index is 12.4. The van der Waals surface area contributed by atoms with Gasteiger partial charge >= 0.3 is 0 Å². The quantitative estimate of drug-likeness (QED) is 0.738. The summed E-state index contributed by atoms with van der Waals surface area (Å²) in [7, 11) is 0. The first-order valence-corrected chi connectivity index (χ1v) is 6.77. The number of carbonyl (C=O) groups excluding carboxylic acids is 2. The van der Waals surface area contributed by atoms with E-state index in [2.05, 4.69) is 0 Å².